The third-order valence-electron chi connectivity index (χ3n) is 2.12. The monoisotopic (exact) mass is 206 g/mol. The van der Waals surface area contributed by atoms with E-state index in [0.29, 0.717) is 16.7 Å². The number of phenolic OH excluding ortho intramolecular Hbond substituents is 1. The maximum Gasteiger partial charge on any atom is 0.258 e. The normalized spacial score (nSPS) is 10.5. The number of aromatic hydroxyl groups is 1. The van der Waals surface area contributed by atoms with Gasteiger partial charge in [-0.15, -0.1) is 0 Å². The van der Waals surface area contributed by atoms with Gasteiger partial charge >= 0.3 is 0 Å². The topological polar surface area (TPSA) is 75.2 Å². The van der Waals surface area contributed by atoms with Crippen molar-refractivity contribution in [3.63, 3.8) is 0 Å². The van der Waals surface area contributed by atoms with Crippen LogP contribution in [0.15, 0.2) is 16.9 Å². The lowest BCUT2D eigenvalue weighted by molar-refractivity contribution is 0.374. The number of rotatable bonds is 1. The van der Waals surface area contributed by atoms with Crippen molar-refractivity contribution >= 4 is 10.9 Å². The number of nitrogens with zero attached hydrogens (tertiary/aromatic N) is 1. The predicted octanol–water partition coefficient (Wildman–Crippen LogP) is 0.946. The minimum absolute atomic E-state index is 0.0255. The van der Waals surface area contributed by atoms with Crippen molar-refractivity contribution < 1.29 is 9.84 Å². The molecule has 0 saturated carbocycles. The maximum absolute atomic E-state index is 11.5. The van der Waals surface area contributed by atoms with Gasteiger partial charge in [0.1, 0.15) is 5.82 Å². The summed E-state index contributed by atoms with van der Waals surface area (Å²) < 4.78 is 4.91. The van der Waals surface area contributed by atoms with Gasteiger partial charge in [0.15, 0.2) is 11.5 Å². The summed E-state index contributed by atoms with van der Waals surface area (Å²) in [6.07, 6.45) is 0. The summed E-state index contributed by atoms with van der Waals surface area (Å²) in [4.78, 5) is 18.2. The number of methoxy groups -OCH3 is 1. The van der Waals surface area contributed by atoms with Crippen LogP contribution in [0.4, 0.5) is 0 Å². The van der Waals surface area contributed by atoms with Crippen molar-refractivity contribution in [3.8, 4) is 11.5 Å². The largest absolute Gasteiger partial charge is 0.504 e. The van der Waals surface area contributed by atoms with Gasteiger partial charge in [0.2, 0.25) is 0 Å². The third-order valence-corrected chi connectivity index (χ3v) is 2.12. The fraction of sp³-hybridized carbons (Fsp3) is 0.200. The lowest BCUT2D eigenvalue weighted by Crippen LogP contribution is -2.09. The van der Waals surface area contributed by atoms with Crippen molar-refractivity contribution in [2.45, 2.75) is 6.92 Å². The van der Waals surface area contributed by atoms with Crippen LogP contribution in [0.5, 0.6) is 11.5 Å². The zero-order chi connectivity index (χ0) is 11.0. The van der Waals surface area contributed by atoms with Crippen LogP contribution in [0.2, 0.25) is 0 Å². The van der Waals surface area contributed by atoms with Crippen molar-refractivity contribution in [1.82, 2.24) is 9.97 Å². The first-order chi connectivity index (χ1) is 7.11. The summed E-state index contributed by atoms with van der Waals surface area (Å²) in [5.41, 5.74) is 0.213. The minimum atomic E-state index is -0.240. The number of aromatic nitrogens is 2. The zero-order valence-corrected chi connectivity index (χ0v) is 8.37. The van der Waals surface area contributed by atoms with Gasteiger partial charge in [0.05, 0.1) is 18.0 Å². The van der Waals surface area contributed by atoms with Gasteiger partial charge in [-0.3, -0.25) is 4.79 Å². The lowest BCUT2D eigenvalue weighted by Gasteiger charge is -2.04. The van der Waals surface area contributed by atoms with Crippen LogP contribution in [-0.4, -0.2) is 22.2 Å². The molecule has 0 atom stereocenters. The molecule has 1 aromatic carbocycles. The Bertz CT molecular complexity index is 575. The molecule has 0 amide bonds. The molecule has 0 aliphatic carbocycles. The molecule has 2 N–H and O–H groups in total. The summed E-state index contributed by atoms with van der Waals surface area (Å²) in [5.74, 6) is 0.748. The molecule has 0 aliphatic heterocycles. The second-order valence-electron chi connectivity index (χ2n) is 3.19. The van der Waals surface area contributed by atoms with E-state index in [9.17, 15) is 9.90 Å². The molecule has 2 rings (SSSR count). The first-order valence-electron chi connectivity index (χ1n) is 4.39. The number of aromatic amines is 1. The van der Waals surface area contributed by atoms with Gasteiger partial charge in [-0.1, -0.05) is 0 Å². The average molecular weight is 206 g/mol. The molecule has 0 aliphatic rings. The van der Waals surface area contributed by atoms with Gasteiger partial charge in [-0.05, 0) is 13.0 Å². The summed E-state index contributed by atoms with van der Waals surface area (Å²) in [7, 11) is 1.43. The number of H-pyrrole nitrogens is 1. The van der Waals surface area contributed by atoms with Crippen LogP contribution in [-0.2, 0) is 0 Å². The van der Waals surface area contributed by atoms with E-state index in [1.807, 2.05) is 0 Å². The molecule has 0 bridgehead atoms. The Hall–Kier alpha value is -2.04. The molecule has 2 aromatic rings. The Morgan fingerprint density at radius 1 is 1.47 bits per heavy atom. The van der Waals surface area contributed by atoms with E-state index in [0.717, 1.165) is 0 Å². The van der Waals surface area contributed by atoms with E-state index in [1.54, 1.807) is 6.92 Å². The molecule has 0 spiro atoms. The van der Waals surface area contributed by atoms with Gasteiger partial charge < -0.3 is 14.8 Å². The predicted molar refractivity (Wildman–Crippen MR) is 55.3 cm³/mol. The Morgan fingerprint density at radius 2 is 2.20 bits per heavy atom. The molecule has 15 heavy (non-hydrogen) atoms. The van der Waals surface area contributed by atoms with Gasteiger partial charge in [-0.2, -0.15) is 0 Å². The molecule has 0 unspecified atom stereocenters. The smallest absolute Gasteiger partial charge is 0.258 e. The van der Waals surface area contributed by atoms with Crippen molar-refractivity contribution in [2.24, 2.45) is 0 Å². The quantitative estimate of drug-likeness (QED) is 0.728. The van der Waals surface area contributed by atoms with E-state index in [-0.39, 0.29) is 17.1 Å². The second kappa shape index (κ2) is 3.27. The van der Waals surface area contributed by atoms with Crippen molar-refractivity contribution in [2.75, 3.05) is 7.11 Å². The van der Waals surface area contributed by atoms with Crippen molar-refractivity contribution in [1.29, 1.82) is 0 Å². The standard InChI is InChI=1S/C10H10N2O3/c1-5-11-7-4-8(13)9(15-2)3-6(7)10(14)12-5/h3-4,13H,1-2H3,(H,11,12,14). The fourth-order valence-electron chi connectivity index (χ4n) is 1.44. The first-order valence-corrected chi connectivity index (χ1v) is 4.39. The number of ether oxygens (including phenoxy) is 1. The van der Waals surface area contributed by atoms with Gasteiger partial charge in [0, 0.05) is 6.07 Å². The molecule has 5 nitrogen and oxygen atoms in total. The van der Waals surface area contributed by atoms with Crippen LogP contribution >= 0.6 is 0 Å². The maximum atomic E-state index is 11.5. The molecule has 0 saturated heterocycles. The SMILES string of the molecule is COc1cc2c(=O)[nH]c(C)nc2cc1O. The molecule has 78 valence electrons. The Balaban J connectivity index is 2.87. The number of fused-ring (bicyclic) bond motifs is 1. The zero-order valence-electron chi connectivity index (χ0n) is 8.37. The number of benzene rings is 1. The molecule has 5 heteroatoms. The lowest BCUT2D eigenvalue weighted by atomic mass is 10.2. The third kappa shape index (κ3) is 1.52. The van der Waals surface area contributed by atoms with Crippen LogP contribution < -0.4 is 10.3 Å². The second-order valence-corrected chi connectivity index (χ2v) is 3.19. The summed E-state index contributed by atoms with van der Waals surface area (Å²) >= 11 is 0. The fourth-order valence-corrected chi connectivity index (χ4v) is 1.44. The molecular formula is C10H10N2O3. The van der Waals surface area contributed by atoms with Crippen molar-refractivity contribution in [3.05, 3.63) is 28.3 Å². The Morgan fingerprint density at radius 3 is 2.87 bits per heavy atom. The molecule has 0 fully saturated rings. The van der Waals surface area contributed by atoms with Gasteiger partial charge in [-0.25, -0.2) is 4.98 Å². The highest BCUT2D eigenvalue weighted by Gasteiger charge is 2.07. The highest BCUT2D eigenvalue weighted by Crippen LogP contribution is 2.28. The van der Waals surface area contributed by atoms with E-state index in [1.165, 1.54) is 19.2 Å². The molecule has 1 aromatic heterocycles. The van der Waals surface area contributed by atoms with E-state index < -0.39 is 0 Å². The van der Waals surface area contributed by atoms with E-state index >= 15 is 0 Å². The van der Waals surface area contributed by atoms with E-state index in [2.05, 4.69) is 9.97 Å². The molecular weight excluding hydrogens is 196 g/mol. The number of nitrogens with one attached hydrogen (secondary N) is 1. The summed E-state index contributed by atoms with van der Waals surface area (Å²) in [6, 6.07) is 2.88. The minimum Gasteiger partial charge on any atom is -0.504 e. The summed E-state index contributed by atoms with van der Waals surface area (Å²) in [6.45, 7) is 1.68. The molecule has 0 radical (unpaired) electrons. The number of aryl methyl sites for hydroxylation is 1. The average Bonchev–Trinajstić information content (AvgIpc) is 2.16. The van der Waals surface area contributed by atoms with Crippen LogP contribution in [0.1, 0.15) is 5.82 Å². The number of hydrogen-bond donors (Lipinski definition) is 2. The van der Waals surface area contributed by atoms with E-state index in [4.69, 9.17) is 4.74 Å². The Kier molecular flexibility index (Phi) is 2.07. The van der Waals surface area contributed by atoms with Crippen LogP contribution in [0, 0.1) is 6.92 Å². The van der Waals surface area contributed by atoms with Gasteiger partial charge in [0.25, 0.3) is 5.56 Å². The Labute approximate surface area is 85.4 Å². The first kappa shape index (κ1) is 9.51. The highest BCUT2D eigenvalue weighted by atomic mass is 16.5. The number of hydrogen-bond acceptors (Lipinski definition) is 4. The highest BCUT2D eigenvalue weighted by molar-refractivity contribution is 5.81. The number of phenols is 1. The summed E-state index contributed by atoms with van der Waals surface area (Å²) in [5, 5.41) is 9.91. The molecule has 1 heterocycles. The van der Waals surface area contributed by atoms with Crippen LogP contribution in [0.25, 0.3) is 10.9 Å². The van der Waals surface area contributed by atoms with Crippen LogP contribution in [0.3, 0.4) is 0 Å².